The van der Waals surface area contributed by atoms with Crippen LogP contribution in [-0.2, 0) is 17.7 Å². The number of hydrogen-bond acceptors (Lipinski definition) is 4. The van der Waals surface area contributed by atoms with E-state index < -0.39 is 17.1 Å². The molecule has 0 amide bonds. The maximum atomic E-state index is 6.33. The Kier molecular flexibility index (Phi) is 17.4. The lowest BCUT2D eigenvalue weighted by Crippen LogP contribution is -2.47. The van der Waals surface area contributed by atoms with Crippen molar-refractivity contribution in [1.82, 2.24) is 0 Å². The molecule has 0 aliphatic rings. The van der Waals surface area contributed by atoms with Crippen molar-refractivity contribution in [3.05, 3.63) is 24.6 Å². The second-order valence-electron chi connectivity index (χ2n) is 7.34. The standard InChI is InChI=1S/C22H46O4Si2/c1-7-13-17-23-27(11-5,24-18-14-8-2)21-22-28(12-6,25-19-15-9-3)26-20-16-10-4/h11-12H,5-10,13-22H2,1-4H3. The summed E-state index contributed by atoms with van der Waals surface area (Å²) in [6.45, 7) is 19.8. The molecule has 0 unspecified atom stereocenters. The van der Waals surface area contributed by atoms with Gasteiger partial charge in [0, 0.05) is 26.4 Å². The highest BCUT2D eigenvalue weighted by atomic mass is 28.4. The molecule has 0 saturated carbocycles. The predicted octanol–water partition coefficient (Wildman–Crippen LogP) is 6.59. The van der Waals surface area contributed by atoms with Gasteiger partial charge < -0.3 is 17.7 Å². The normalized spacial score (nSPS) is 12.3. The first kappa shape index (κ1) is 27.8. The summed E-state index contributed by atoms with van der Waals surface area (Å²) >= 11 is 0. The molecule has 0 N–H and O–H groups in total. The Morgan fingerprint density at radius 2 is 0.786 bits per heavy atom. The maximum absolute atomic E-state index is 6.33. The van der Waals surface area contributed by atoms with Crippen LogP contribution >= 0.6 is 0 Å². The molecule has 0 atom stereocenters. The fraction of sp³-hybridized carbons (Fsp3) is 0.818. The van der Waals surface area contributed by atoms with Crippen LogP contribution in [0.2, 0.25) is 12.1 Å². The lowest BCUT2D eigenvalue weighted by Gasteiger charge is -2.33. The first-order valence-electron chi connectivity index (χ1n) is 11.4. The van der Waals surface area contributed by atoms with Gasteiger partial charge in [0.1, 0.15) is 0 Å². The molecule has 0 radical (unpaired) electrons. The van der Waals surface area contributed by atoms with Gasteiger partial charge in [-0.25, -0.2) is 0 Å². The van der Waals surface area contributed by atoms with Gasteiger partial charge in [0.15, 0.2) is 0 Å². The second-order valence-corrected chi connectivity index (χ2v) is 13.6. The van der Waals surface area contributed by atoms with E-state index >= 15 is 0 Å². The van der Waals surface area contributed by atoms with Gasteiger partial charge in [-0.2, -0.15) is 0 Å². The van der Waals surface area contributed by atoms with E-state index in [-0.39, 0.29) is 0 Å². The molecular weight excluding hydrogens is 384 g/mol. The summed E-state index contributed by atoms with van der Waals surface area (Å²) in [6, 6.07) is 1.64. The molecule has 0 aromatic rings. The van der Waals surface area contributed by atoms with Gasteiger partial charge in [0.2, 0.25) is 0 Å². The van der Waals surface area contributed by atoms with Gasteiger partial charge in [-0.05, 0) is 49.2 Å². The minimum Gasteiger partial charge on any atom is -0.391 e. The van der Waals surface area contributed by atoms with Crippen LogP contribution < -0.4 is 0 Å². The minimum absolute atomic E-state index is 0.733. The Labute approximate surface area is 177 Å². The monoisotopic (exact) mass is 430 g/mol. The highest BCUT2D eigenvalue weighted by molar-refractivity contribution is 6.78. The van der Waals surface area contributed by atoms with Crippen LogP contribution in [0.1, 0.15) is 79.1 Å². The fourth-order valence-electron chi connectivity index (χ4n) is 2.72. The fourth-order valence-corrected chi connectivity index (χ4v) is 9.09. The first-order chi connectivity index (χ1) is 13.6. The Hall–Kier alpha value is -0.246. The Bertz CT molecular complexity index is 335. The molecule has 0 spiro atoms. The van der Waals surface area contributed by atoms with Crippen LogP contribution in [0, 0.1) is 0 Å². The predicted molar refractivity (Wildman–Crippen MR) is 125 cm³/mol. The zero-order valence-electron chi connectivity index (χ0n) is 19.1. The highest BCUT2D eigenvalue weighted by Crippen LogP contribution is 2.27. The van der Waals surface area contributed by atoms with Gasteiger partial charge in [-0.3, -0.25) is 0 Å². The first-order valence-corrected chi connectivity index (χ1v) is 15.6. The average Bonchev–Trinajstić information content (AvgIpc) is 2.71. The summed E-state index contributed by atoms with van der Waals surface area (Å²) in [5.74, 6) is 0. The van der Waals surface area contributed by atoms with E-state index in [1.807, 2.05) is 11.4 Å². The summed E-state index contributed by atoms with van der Waals surface area (Å²) in [7, 11) is -4.95. The zero-order valence-corrected chi connectivity index (χ0v) is 21.1. The van der Waals surface area contributed by atoms with Crippen molar-refractivity contribution in [2.24, 2.45) is 0 Å². The van der Waals surface area contributed by atoms with Gasteiger partial charge in [0.05, 0.1) is 0 Å². The molecule has 0 rings (SSSR count). The van der Waals surface area contributed by atoms with Gasteiger partial charge >= 0.3 is 17.1 Å². The van der Waals surface area contributed by atoms with E-state index in [1.165, 1.54) is 0 Å². The quantitative estimate of drug-likeness (QED) is 0.152. The van der Waals surface area contributed by atoms with E-state index in [4.69, 9.17) is 17.7 Å². The third-order valence-corrected chi connectivity index (χ3v) is 11.2. The molecule has 0 aromatic carbocycles. The molecular formula is C22H46O4Si2. The largest absolute Gasteiger partial charge is 0.391 e. The highest BCUT2D eigenvalue weighted by Gasteiger charge is 2.42. The topological polar surface area (TPSA) is 36.9 Å². The molecule has 0 bridgehead atoms. The Morgan fingerprint density at radius 3 is 0.964 bits per heavy atom. The number of unbranched alkanes of at least 4 members (excludes halogenated alkanes) is 4. The van der Waals surface area contributed by atoms with Crippen molar-refractivity contribution in [1.29, 1.82) is 0 Å². The second kappa shape index (κ2) is 17.6. The molecule has 0 fully saturated rings. The summed E-state index contributed by atoms with van der Waals surface area (Å²) in [6.07, 6.45) is 8.63. The summed E-state index contributed by atoms with van der Waals surface area (Å²) < 4.78 is 25.3. The number of rotatable bonds is 21. The van der Waals surface area contributed by atoms with Crippen molar-refractivity contribution in [3.63, 3.8) is 0 Å². The minimum atomic E-state index is -2.47. The lowest BCUT2D eigenvalue weighted by molar-refractivity contribution is 0.163. The van der Waals surface area contributed by atoms with E-state index in [0.29, 0.717) is 0 Å². The van der Waals surface area contributed by atoms with Crippen LogP contribution in [0.5, 0.6) is 0 Å². The van der Waals surface area contributed by atoms with E-state index in [0.717, 1.165) is 89.9 Å². The molecule has 0 heterocycles. The molecule has 28 heavy (non-hydrogen) atoms. The van der Waals surface area contributed by atoms with Crippen molar-refractivity contribution in [2.75, 3.05) is 26.4 Å². The maximum Gasteiger partial charge on any atom is 0.364 e. The van der Waals surface area contributed by atoms with Crippen LogP contribution in [0.3, 0.4) is 0 Å². The SMILES string of the molecule is C=C[Si](CC[Si](C=C)(OCCCC)OCCCC)(OCCCC)OCCCC. The molecule has 166 valence electrons. The van der Waals surface area contributed by atoms with Gasteiger partial charge in [-0.1, -0.05) is 53.4 Å². The zero-order chi connectivity index (χ0) is 21.1. The lowest BCUT2D eigenvalue weighted by atomic mass is 10.4. The molecule has 0 aliphatic heterocycles. The Balaban J connectivity index is 5.18. The van der Waals surface area contributed by atoms with Gasteiger partial charge in [0.25, 0.3) is 0 Å². The van der Waals surface area contributed by atoms with Crippen molar-refractivity contribution < 1.29 is 17.7 Å². The third kappa shape index (κ3) is 11.7. The average molecular weight is 431 g/mol. The van der Waals surface area contributed by atoms with Crippen molar-refractivity contribution in [3.8, 4) is 0 Å². The number of hydrogen-bond donors (Lipinski definition) is 0. The van der Waals surface area contributed by atoms with E-state index in [1.54, 1.807) is 0 Å². The van der Waals surface area contributed by atoms with E-state index in [9.17, 15) is 0 Å². The van der Waals surface area contributed by atoms with E-state index in [2.05, 4.69) is 40.9 Å². The molecule has 0 aromatic heterocycles. The van der Waals surface area contributed by atoms with Crippen LogP contribution in [0.25, 0.3) is 0 Å². The molecule has 0 saturated heterocycles. The van der Waals surface area contributed by atoms with Crippen LogP contribution in [0.15, 0.2) is 24.6 Å². The molecule has 4 nitrogen and oxygen atoms in total. The smallest absolute Gasteiger partial charge is 0.364 e. The molecule has 6 heteroatoms. The van der Waals surface area contributed by atoms with Crippen molar-refractivity contribution in [2.45, 2.75) is 91.1 Å². The third-order valence-electron chi connectivity index (χ3n) is 4.82. The van der Waals surface area contributed by atoms with Crippen LogP contribution in [0.4, 0.5) is 0 Å². The Morgan fingerprint density at radius 1 is 0.536 bits per heavy atom. The summed E-state index contributed by atoms with van der Waals surface area (Å²) in [5.41, 5.74) is 3.91. The summed E-state index contributed by atoms with van der Waals surface area (Å²) in [4.78, 5) is 0. The van der Waals surface area contributed by atoms with Crippen molar-refractivity contribution >= 4 is 17.1 Å². The van der Waals surface area contributed by atoms with Gasteiger partial charge in [-0.15, -0.1) is 13.2 Å². The molecule has 0 aliphatic carbocycles. The van der Waals surface area contributed by atoms with Crippen LogP contribution in [-0.4, -0.2) is 43.5 Å². The summed E-state index contributed by atoms with van der Waals surface area (Å²) in [5, 5.41) is 0.